The fourth-order valence-corrected chi connectivity index (χ4v) is 1.33. The normalized spacial score (nSPS) is 10.1. The quantitative estimate of drug-likeness (QED) is 0.798. The van der Waals surface area contributed by atoms with Gasteiger partial charge < -0.3 is 4.74 Å². The highest BCUT2D eigenvalue weighted by Gasteiger charge is 2.05. The molecule has 104 valence electrons. The van der Waals surface area contributed by atoms with Gasteiger partial charge in [0.1, 0.15) is 5.75 Å². The zero-order chi connectivity index (χ0) is 14.3. The van der Waals surface area contributed by atoms with Gasteiger partial charge in [0, 0.05) is 12.5 Å². The average molecular weight is 264 g/mol. The van der Waals surface area contributed by atoms with Crippen LogP contribution in [0.5, 0.6) is 5.75 Å². The van der Waals surface area contributed by atoms with Crippen LogP contribution < -0.4 is 15.6 Å². The summed E-state index contributed by atoms with van der Waals surface area (Å²) in [4.78, 5) is 22.3. The van der Waals surface area contributed by atoms with Crippen molar-refractivity contribution in [2.24, 2.45) is 5.92 Å². The average Bonchev–Trinajstić information content (AvgIpc) is 2.36. The smallest absolute Gasteiger partial charge is 0.269 e. The molecule has 5 nitrogen and oxygen atoms in total. The molecule has 0 saturated carbocycles. The van der Waals surface area contributed by atoms with Crippen molar-refractivity contribution in [1.29, 1.82) is 0 Å². The highest BCUT2D eigenvalue weighted by atomic mass is 16.5. The van der Waals surface area contributed by atoms with Gasteiger partial charge in [-0.2, -0.15) is 0 Å². The number of hydrogen-bond donors (Lipinski definition) is 2. The highest BCUT2D eigenvalue weighted by Crippen LogP contribution is 2.13. The number of hydrazine groups is 1. The lowest BCUT2D eigenvalue weighted by Crippen LogP contribution is -2.40. The van der Waals surface area contributed by atoms with Gasteiger partial charge >= 0.3 is 0 Å². The van der Waals surface area contributed by atoms with E-state index in [0.29, 0.717) is 18.1 Å². The molecular weight excluding hydrogens is 244 g/mol. The summed E-state index contributed by atoms with van der Waals surface area (Å²) < 4.78 is 5.55. The second-order valence-electron chi connectivity index (χ2n) is 4.69. The number of carbonyl (C=O) groups excluding carboxylic acids is 2. The molecule has 0 aliphatic carbocycles. The Labute approximate surface area is 113 Å². The number of benzene rings is 1. The number of hydrogen-bond acceptors (Lipinski definition) is 3. The topological polar surface area (TPSA) is 67.4 Å². The van der Waals surface area contributed by atoms with Gasteiger partial charge in [-0.1, -0.05) is 13.8 Å². The van der Waals surface area contributed by atoms with E-state index in [1.54, 1.807) is 24.3 Å². The Bertz CT molecular complexity index is 427. The number of nitrogens with one attached hydrogen (secondary N) is 2. The van der Waals surface area contributed by atoms with Crippen LogP contribution in [0.4, 0.5) is 0 Å². The molecule has 0 fully saturated rings. The van der Waals surface area contributed by atoms with Crippen molar-refractivity contribution in [2.75, 3.05) is 6.61 Å². The lowest BCUT2D eigenvalue weighted by Gasteiger charge is -2.09. The summed E-state index contributed by atoms with van der Waals surface area (Å²) in [5.41, 5.74) is 4.99. The molecular formula is C14H20N2O3. The van der Waals surface area contributed by atoms with Gasteiger partial charge in [0.15, 0.2) is 0 Å². The first-order valence-corrected chi connectivity index (χ1v) is 6.29. The Morgan fingerprint density at radius 3 is 2.32 bits per heavy atom. The molecule has 2 amide bonds. The molecule has 0 spiro atoms. The van der Waals surface area contributed by atoms with Crippen LogP contribution in [-0.4, -0.2) is 18.4 Å². The first-order valence-electron chi connectivity index (χ1n) is 6.29. The van der Waals surface area contributed by atoms with Gasteiger partial charge in [-0.15, -0.1) is 0 Å². The summed E-state index contributed by atoms with van der Waals surface area (Å²) in [5, 5.41) is 0. The Morgan fingerprint density at radius 2 is 1.79 bits per heavy atom. The van der Waals surface area contributed by atoms with Crippen molar-refractivity contribution >= 4 is 11.8 Å². The van der Waals surface area contributed by atoms with Crippen LogP contribution in [0.15, 0.2) is 24.3 Å². The van der Waals surface area contributed by atoms with Gasteiger partial charge in [0.05, 0.1) is 6.61 Å². The van der Waals surface area contributed by atoms with Gasteiger partial charge in [-0.3, -0.25) is 20.4 Å². The molecule has 0 aliphatic heterocycles. The highest BCUT2D eigenvalue weighted by molar-refractivity contribution is 5.95. The fourth-order valence-electron chi connectivity index (χ4n) is 1.33. The lowest BCUT2D eigenvalue weighted by atomic mass is 10.1. The maximum Gasteiger partial charge on any atom is 0.269 e. The minimum absolute atomic E-state index is 0.318. The molecule has 0 unspecified atom stereocenters. The molecule has 2 N–H and O–H groups in total. The Morgan fingerprint density at radius 1 is 1.16 bits per heavy atom. The van der Waals surface area contributed by atoms with Crippen LogP contribution in [0.2, 0.25) is 0 Å². The minimum atomic E-state index is -0.357. The molecule has 0 bridgehead atoms. The van der Waals surface area contributed by atoms with E-state index in [9.17, 15) is 9.59 Å². The van der Waals surface area contributed by atoms with E-state index < -0.39 is 0 Å². The van der Waals surface area contributed by atoms with E-state index in [1.807, 2.05) is 0 Å². The zero-order valence-corrected chi connectivity index (χ0v) is 11.5. The lowest BCUT2D eigenvalue weighted by molar-refractivity contribution is -0.119. The van der Waals surface area contributed by atoms with Crippen molar-refractivity contribution in [3.8, 4) is 5.75 Å². The van der Waals surface area contributed by atoms with Crippen LogP contribution >= 0.6 is 0 Å². The second kappa shape index (κ2) is 7.41. The molecule has 19 heavy (non-hydrogen) atoms. The molecule has 1 aromatic rings. The Hall–Kier alpha value is -2.04. The van der Waals surface area contributed by atoms with Gasteiger partial charge in [-0.25, -0.2) is 0 Å². The minimum Gasteiger partial charge on any atom is -0.494 e. The zero-order valence-electron chi connectivity index (χ0n) is 11.5. The Balaban J connectivity index is 2.46. The number of amides is 2. The first kappa shape index (κ1) is 15.0. The van der Waals surface area contributed by atoms with E-state index >= 15 is 0 Å². The van der Waals surface area contributed by atoms with Crippen LogP contribution in [-0.2, 0) is 4.79 Å². The van der Waals surface area contributed by atoms with Crippen LogP contribution in [0, 0.1) is 5.92 Å². The molecule has 1 rings (SSSR count). The van der Waals surface area contributed by atoms with Gasteiger partial charge in [0.2, 0.25) is 5.91 Å². The van der Waals surface area contributed by atoms with E-state index in [-0.39, 0.29) is 11.8 Å². The summed E-state index contributed by atoms with van der Waals surface area (Å²) in [6.07, 6.45) is 0.991. The largest absolute Gasteiger partial charge is 0.494 e. The third kappa shape index (κ3) is 5.90. The maximum absolute atomic E-state index is 11.6. The molecule has 0 radical (unpaired) electrons. The van der Waals surface area contributed by atoms with Crippen molar-refractivity contribution in [1.82, 2.24) is 10.9 Å². The Kier molecular flexibility index (Phi) is 5.85. The van der Waals surface area contributed by atoms with Crippen LogP contribution in [0.1, 0.15) is 37.6 Å². The summed E-state index contributed by atoms with van der Waals surface area (Å²) in [5.74, 6) is 0.658. The molecule has 0 aliphatic rings. The second-order valence-corrected chi connectivity index (χ2v) is 4.69. The summed E-state index contributed by atoms with van der Waals surface area (Å²) in [6, 6.07) is 6.79. The predicted octanol–water partition coefficient (Wildman–Crippen LogP) is 1.89. The summed E-state index contributed by atoms with van der Waals surface area (Å²) in [7, 11) is 0. The summed E-state index contributed by atoms with van der Waals surface area (Å²) in [6.45, 7) is 6.26. The van der Waals surface area contributed by atoms with Crippen LogP contribution in [0.3, 0.4) is 0 Å². The molecule has 0 saturated heterocycles. The predicted molar refractivity (Wildman–Crippen MR) is 72.7 cm³/mol. The SMILES string of the molecule is CC(=O)NNC(=O)c1ccc(OCCC(C)C)cc1. The maximum atomic E-state index is 11.6. The van der Waals surface area contributed by atoms with Crippen molar-refractivity contribution in [3.05, 3.63) is 29.8 Å². The third-order valence-corrected chi connectivity index (χ3v) is 2.43. The van der Waals surface area contributed by atoms with Crippen LogP contribution in [0.25, 0.3) is 0 Å². The molecule has 0 atom stereocenters. The van der Waals surface area contributed by atoms with Crippen molar-refractivity contribution in [2.45, 2.75) is 27.2 Å². The van der Waals surface area contributed by atoms with E-state index in [0.717, 1.165) is 12.2 Å². The summed E-state index contributed by atoms with van der Waals surface area (Å²) >= 11 is 0. The van der Waals surface area contributed by atoms with Gasteiger partial charge in [0.25, 0.3) is 5.91 Å². The molecule has 1 aromatic carbocycles. The standard InChI is InChI=1S/C14H20N2O3/c1-10(2)8-9-19-13-6-4-12(5-7-13)14(18)16-15-11(3)17/h4-7,10H,8-9H2,1-3H3,(H,15,17)(H,16,18). The van der Waals surface area contributed by atoms with Gasteiger partial charge in [-0.05, 0) is 36.6 Å². The van der Waals surface area contributed by atoms with Crippen molar-refractivity contribution < 1.29 is 14.3 Å². The number of ether oxygens (including phenoxy) is 1. The fraction of sp³-hybridized carbons (Fsp3) is 0.429. The van der Waals surface area contributed by atoms with E-state index in [4.69, 9.17) is 4.74 Å². The third-order valence-electron chi connectivity index (χ3n) is 2.43. The molecule has 0 heterocycles. The molecule has 5 heteroatoms. The monoisotopic (exact) mass is 264 g/mol. The number of carbonyl (C=O) groups is 2. The molecule has 0 aromatic heterocycles. The number of rotatable bonds is 5. The van der Waals surface area contributed by atoms with E-state index in [1.165, 1.54) is 6.92 Å². The first-order chi connectivity index (χ1) is 8.99. The van der Waals surface area contributed by atoms with E-state index in [2.05, 4.69) is 24.7 Å². The van der Waals surface area contributed by atoms with Crippen molar-refractivity contribution in [3.63, 3.8) is 0 Å².